The number of rotatable bonds is 6. The van der Waals surface area contributed by atoms with Gasteiger partial charge in [-0.1, -0.05) is 6.42 Å². The van der Waals surface area contributed by atoms with E-state index >= 15 is 0 Å². The molecule has 3 aromatic rings. The van der Waals surface area contributed by atoms with Crippen molar-refractivity contribution in [1.29, 1.82) is 0 Å². The average molecular weight is 356 g/mol. The van der Waals surface area contributed by atoms with Crippen molar-refractivity contribution < 1.29 is 4.42 Å². The summed E-state index contributed by atoms with van der Waals surface area (Å²) in [6.45, 7) is 5.03. The van der Waals surface area contributed by atoms with E-state index in [4.69, 9.17) is 9.40 Å². The van der Waals surface area contributed by atoms with Crippen LogP contribution in [0.4, 0.5) is 0 Å². The van der Waals surface area contributed by atoms with Crippen molar-refractivity contribution in [1.82, 2.24) is 19.7 Å². The lowest BCUT2D eigenvalue weighted by atomic mass is 9.99. The van der Waals surface area contributed by atoms with Gasteiger partial charge < -0.3 is 4.42 Å². The highest BCUT2D eigenvalue weighted by atomic mass is 32.1. The van der Waals surface area contributed by atoms with Crippen LogP contribution in [0.2, 0.25) is 0 Å². The van der Waals surface area contributed by atoms with E-state index in [-0.39, 0.29) is 0 Å². The Morgan fingerprint density at radius 2 is 2.32 bits per heavy atom. The third-order valence-corrected chi connectivity index (χ3v) is 5.70. The summed E-state index contributed by atoms with van der Waals surface area (Å²) in [4.78, 5) is 7.35. The molecule has 1 atom stereocenters. The SMILES string of the molecule is Cc1oc(-c2ccsc2)nc1CN1CCCCC1CCn1cccn1. The molecule has 1 aliphatic rings. The molecular weight excluding hydrogens is 332 g/mol. The van der Waals surface area contributed by atoms with Crippen LogP contribution in [-0.4, -0.2) is 32.3 Å². The Kier molecular flexibility index (Phi) is 4.99. The molecule has 4 heterocycles. The first-order valence-corrected chi connectivity index (χ1v) is 9.94. The van der Waals surface area contributed by atoms with Gasteiger partial charge in [-0.15, -0.1) is 0 Å². The molecule has 0 bridgehead atoms. The van der Waals surface area contributed by atoms with Crippen LogP contribution in [0.25, 0.3) is 11.5 Å². The molecule has 0 saturated carbocycles. The van der Waals surface area contributed by atoms with Crippen LogP contribution in [0, 0.1) is 6.92 Å². The first-order valence-electron chi connectivity index (χ1n) is 9.00. The van der Waals surface area contributed by atoms with Crippen molar-refractivity contribution >= 4 is 11.3 Å². The Balaban J connectivity index is 1.44. The lowest BCUT2D eigenvalue weighted by molar-refractivity contribution is 0.125. The molecule has 0 amide bonds. The summed E-state index contributed by atoms with van der Waals surface area (Å²) >= 11 is 1.67. The molecule has 5 nitrogen and oxygen atoms in total. The molecule has 3 aromatic heterocycles. The molecule has 132 valence electrons. The van der Waals surface area contributed by atoms with Gasteiger partial charge in [0.25, 0.3) is 0 Å². The average Bonchev–Trinajstić information content (AvgIpc) is 3.37. The van der Waals surface area contributed by atoms with Gasteiger partial charge in [0.15, 0.2) is 0 Å². The van der Waals surface area contributed by atoms with Crippen molar-refractivity contribution in [3.63, 3.8) is 0 Å². The van der Waals surface area contributed by atoms with E-state index in [1.165, 1.54) is 19.3 Å². The molecule has 1 aliphatic heterocycles. The quantitative estimate of drug-likeness (QED) is 0.659. The van der Waals surface area contributed by atoms with Crippen LogP contribution in [0.3, 0.4) is 0 Å². The highest BCUT2D eigenvalue weighted by Gasteiger charge is 2.24. The number of nitrogens with zero attached hydrogens (tertiary/aromatic N) is 4. The summed E-state index contributed by atoms with van der Waals surface area (Å²) in [6, 6.07) is 4.65. The van der Waals surface area contributed by atoms with E-state index in [1.54, 1.807) is 11.3 Å². The number of aryl methyl sites for hydroxylation is 2. The summed E-state index contributed by atoms with van der Waals surface area (Å²) in [7, 11) is 0. The van der Waals surface area contributed by atoms with Crippen molar-refractivity contribution in [2.45, 2.75) is 51.7 Å². The number of likely N-dealkylation sites (tertiary alicyclic amines) is 1. The van der Waals surface area contributed by atoms with Crippen LogP contribution >= 0.6 is 11.3 Å². The second kappa shape index (κ2) is 7.54. The molecule has 0 radical (unpaired) electrons. The number of hydrogen-bond donors (Lipinski definition) is 0. The molecule has 1 saturated heterocycles. The summed E-state index contributed by atoms with van der Waals surface area (Å²) < 4.78 is 7.94. The maximum absolute atomic E-state index is 5.91. The maximum Gasteiger partial charge on any atom is 0.227 e. The summed E-state index contributed by atoms with van der Waals surface area (Å²) in [5.74, 6) is 1.69. The minimum absolute atomic E-state index is 0.596. The van der Waals surface area contributed by atoms with E-state index < -0.39 is 0 Å². The molecule has 1 fully saturated rings. The third-order valence-electron chi connectivity index (χ3n) is 5.01. The number of oxazole rings is 1. The fraction of sp³-hybridized carbons (Fsp3) is 0.474. The monoisotopic (exact) mass is 356 g/mol. The first kappa shape index (κ1) is 16.5. The van der Waals surface area contributed by atoms with E-state index in [2.05, 4.69) is 26.8 Å². The predicted octanol–water partition coefficient (Wildman–Crippen LogP) is 4.35. The van der Waals surface area contributed by atoms with Gasteiger partial charge in [0.05, 0.1) is 5.69 Å². The van der Waals surface area contributed by atoms with Crippen molar-refractivity contribution in [3.8, 4) is 11.5 Å². The van der Waals surface area contributed by atoms with Crippen molar-refractivity contribution in [3.05, 3.63) is 46.7 Å². The third kappa shape index (κ3) is 3.85. The van der Waals surface area contributed by atoms with Gasteiger partial charge in [-0.25, -0.2) is 4.98 Å². The minimum atomic E-state index is 0.596. The van der Waals surface area contributed by atoms with E-state index in [1.807, 2.05) is 30.1 Å². The van der Waals surface area contributed by atoms with Crippen LogP contribution in [0.15, 0.2) is 39.7 Å². The topological polar surface area (TPSA) is 47.1 Å². The summed E-state index contributed by atoms with van der Waals surface area (Å²) in [5, 5.41) is 8.47. The number of hydrogen-bond acceptors (Lipinski definition) is 5. The first-order chi connectivity index (χ1) is 12.3. The van der Waals surface area contributed by atoms with E-state index in [9.17, 15) is 0 Å². The Morgan fingerprint density at radius 1 is 1.36 bits per heavy atom. The van der Waals surface area contributed by atoms with Crippen molar-refractivity contribution in [2.24, 2.45) is 0 Å². The van der Waals surface area contributed by atoms with E-state index in [0.29, 0.717) is 6.04 Å². The molecule has 0 aromatic carbocycles. The Morgan fingerprint density at radius 3 is 3.12 bits per heavy atom. The van der Waals surface area contributed by atoms with Gasteiger partial charge in [-0.3, -0.25) is 9.58 Å². The Labute approximate surface area is 152 Å². The fourth-order valence-electron chi connectivity index (χ4n) is 3.59. The number of aromatic nitrogens is 3. The summed E-state index contributed by atoms with van der Waals surface area (Å²) in [5.41, 5.74) is 2.15. The van der Waals surface area contributed by atoms with Crippen molar-refractivity contribution in [2.75, 3.05) is 6.54 Å². The second-order valence-corrected chi connectivity index (χ2v) is 7.49. The molecular formula is C19H24N4OS. The fourth-order valence-corrected chi connectivity index (χ4v) is 4.22. The van der Waals surface area contributed by atoms with Gasteiger partial charge in [0.2, 0.25) is 5.89 Å². The molecule has 0 aliphatic carbocycles. The van der Waals surface area contributed by atoms with Crippen LogP contribution in [0.5, 0.6) is 0 Å². The Bertz CT molecular complexity index is 779. The van der Waals surface area contributed by atoms with Gasteiger partial charge in [0.1, 0.15) is 5.76 Å². The number of piperidine rings is 1. The molecule has 0 N–H and O–H groups in total. The lowest BCUT2D eigenvalue weighted by Crippen LogP contribution is -2.39. The van der Waals surface area contributed by atoms with Gasteiger partial charge >= 0.3 is 0 Å². The highest BCUT2D eigenvalue weighted by Crippen LogP contribution is 2.27. The molecule has 4 rings (SSSR count). The standard InChI is InChI=1S/C19H24N4OS/c1-15-18(21-19(24-15)16-7-12-25-14-16)13-22-9-3-2-5-17(22)6-11-23-10-4-8-20-23/h4,7-8,10,12,14,17H,2-3,5-6,9,11,13H2,1H3. The summed E-state index contributed by atoms with van der Waals surface area (Å²) in [6.07, 6.45) is 8.88. The van der Waals surface area contributed by atoms with Crippen LogP contribution < -0.4 is 0 Å². The van der Waals surface area contributed by atoms with Gasteiger partial charge in [-0.05, 0) is 50.2 Å². The Hall–Kier alpha value is -1.92. The normalized spacial score (nSPS) is 18.7. The van der Waals surface area contributed by atoms with Crippen LogP contribution in [0.1, 0.15) is 37.1 Å². The zero-order valence-corrected chi connectivity index (χ0v) is 15.4. The number of thiophene rings is 1. The molecule has 6 heteroatoms. The largest absolute Gasteiger partial charge is 0.441 e. The minimum Gasteiger partial charge on any atom is -0.441 e. The second-order valence-electron chi connectivity index (χ2n) is 6.71. The molecule has 25 heavy (non-hydrogen) atoms. The molecule has 0 spiro atoms. The maximum atomic E-state index is 5.91. The zero-order valence-electron chi connectivity index (χ0n) is 14.6. The predicted molar refractivity (Wildman–Crippen MR) is 99.4 cm³/mol. The lowest BCUT2D eigenvalue weighted by Gasteiger charge is -2.35. The van der Waals surface area contributed by atoms with Gasteiger partial charge in [0, 0.05) is 42.5 Å². The molecule has 1 unspecified atom stereocenters. The van der Waals surface area contributed by atoms with E-state index in [0.717, 1.165) is 49.0 Å². The van der Waals surface area contributed by atoms with Crippen LogP contribution in [-0.2, 0) is 13.1 Å². The van der Waals surface area contributed by atoms with Gasteiger partial charge in [-0.2, -0.15) is 16.4 Å². The zero-order chi connectivity index (χ0) is 17.1. The smallest absolute Gasteiger partial charge is 0.227 e. The highest BCUT2D eigenvalue weighted by molar-refractivity contribution is 7.08.